The van der Waals surface area contributed by atoms with Crippen LogP contribution in [0.3, 0.4) is 0 Å². The van der Waals surface area contributed by atoms with Crippen molar-refractivity contribution in [3.05, 3.63) is 23.9 Å². The molecule has 1 heterocycles. The fourth-order valence-corrected chi connectivity index (χ4v) is 2.27. The standard InChI is InChI=1S/C11H17BrN2/c1-8(6-9(2)12)7-10-4-3-5-14-11(10)13/h3-5,8-9H,6-7H2,1-2H3,(H2,13,14). The van der Waals surface area contributed by atoms with Gasteiger partial charge in [-0.3, -0.25) is 0 Å². The van der Waals surface area contributed by atoms with Gasteiger partial charge >= 0.3 is 0 Å². The second-order valence-electron chi connectivity index (χ2n) is 3.87. The molecular weight excluding hydrogens is 240 g/mol. The molecule has 0 radical (unpaired) electrons. The highest BCUT2D eigenvalue weighted by Crippen LogP contribution is 2.19. The zero-order chi connectivity index (χ0) is 10.6. The maximum absolute atomic E-state index is 5.78. The molecule has 3 heteroatoms. The molecule has 2 atom stereocenters. The van der Waals surface area contributed by atoms with Gasteiger partial charge in [-0.25, -0.2) is 4.98 Å². The van der Waals surface area contributed by atoms with Crippen LogP contribution in [0.25, 0.3) is 0 Å². The first-order valence-electron chi connectivity index (χ1n) is 4.93. The first-order valence-corrected chi connectivity index (χ1v) is 5.84. The third-order valence-corrected chi connectivity index (χ3v) is 2.60. The molecule has 0 saturated carbocycles. The van der Waals surface area contributed by atoms with Crippen LogP contribution in [0.5, 0.6) is 0 Å². The number of anilines is 1. The van der Waals surface area contributed by atoms with Crippen molar-refractivity contribution in [1.82, 2.24) is 4.98 Å². The van der Waals surface area contributed by atoms with Gasteiger partial charge in [0.2, 0.25) is 0 Å². The van der Waals surface area contributed by atoms with Crippen LogP contribution >= 0.6 is 15.9 Å². The molecule has 14 heavy (non-hydrogen) atoms. The summed E-state index contributed by atoms with van der Waals surface area (Å²) in [6, 6.07) is 3.99. The largest absolute Gasteiger partial charge is 0.383 e. The van der Waals surface area contributed by atoms with Gasteiger partial charge in [0.05, 0.1) is 0 Å². The quantitative estimate of drug-likeness (QED) is 0.842. The number of pyridine rings is 1. The Morgan fingerprint density at radius 1 is 1.50 bits per heavy atom. The lowest BCUT2D eigenvalue weighted by molar-refractivity contribution is 0.533. The lowest BCUT2D eigenvalue weighted by atomic mass is 9.97. The number of aromatic nitrogens is 1. The van der Waals surface area contributed by atoms with E-state index in [1.54, 1.807) is 6.20 Å². The molecule has 1 aromatic heterocycles. The van der Waals surface area contributed by atoms with E-state index in [-0.39, 0.29) is 0 Å². The molecule has 1 aromatic rings. The zero-order valence-electron chi connectivity index (χ0n) is 8.70. The van der Waals surface area contributed by atoms with Crippen LogP contribution < -0.4 is 5.73 Å². The molecular formula is C11H17BrN2. The predicted molar refractivity (Wildman–Crippen MR) is 64.5 cm³/mol. The fourth-order valence-electron chi connectivity index (χ4n) is 1.64. The highest BCUT2D eigenvalue weighted by Gasteiger charge is 2.09. The molecule has 78 valence electrons. The predicted octanol–water partition coefficient (Wildman–Crippen LogP) is 3.02. The van der Waals surface area contributed by atoms with Crippen LogP contribution in [0.15, 0.2) is 18.3 Å². The Morgan fingerprint density at radius 2 is 2.21 bits per heavy atom. The molecule has 0 saturated heterocycles. The maximum atomic E-state index is 5.78. The van der Waals surface area contributed by atoms with E-state index in [0.717, 1.165) is 18.4 Å². The van der Waals surface area contributed by atoms with Crippen molar-refractivity contribution in [2.75, 3.05) is 5.73 Å². The number of rotatable bonds is 4. The fraction of sp³-hybridized carbons (Fsp3) is 0.545. The van der Waals surface area contributed by atoms with E-state index in [9.17, 15) is 0 Å². The van der Waals surface area contributed by atoms with Gasteiger partial charge in [0.25, 0.3) is 0 Å². The van der Waals surface area contributed by atoms with Gasteiger partial charge in [-0.15, -0.1) is 0 Å². The number of nitrogens with two attached hydrogens (primary N) is 1. The average molecular weight is 257 g/mol. The van der Waals surface area contributed by atoms with E-state index in [2.05, 4.69) is 40.8 Å². The molecule has 0 fully saturated rings. The molecule has 2 nitrogen and oxygen atoms in total. The minimum atomic E-state index is 0.565. The second-order valence-corrected chi connectivity index (χ2v) is 5.44. The normalized spacial score (nSPS) is 15.1. The third-order valence-electron chi connectivity index (χ3n) is 2.22. The summed E-state index contributed by atoms with van der Waals surface area (Å²) in [6.07, 6.45) is 3.90. The first kappa shape index (κ1) is 11.5. The van der Waals surface area contributed by atoms with Gasteiger partial charge in [-0.1, -0.05) is 35.8 Å². The van der Waals surface area contributed by atoms with Crippen LogP contribution in [0.4, 0.5) is 5.82 Å². The number of hydrogen-bond acceptors (Lipinski definition) is 2. The smallest absolute Gasteiger partial charge is 0.126 e. The number of nitrogen functional groups attached to an aromatic ring is 1. The molecule has 0 aromatic carbocycles. The molecule has 2 N–H and O–H groups in total. The Labute approximate surface area is 94.0 Å². The van der Waals surface area contributed by atoms with Crippen LogP contribution in [-0.2, 0) is 6.42 Å². The van der Waals surface area contributed by atoms with Crippen molar-refractivity contribution in [1.29, 1.82) is 0 Å². The molecule has 1 rings (SSSR count). The molecule has 0 bridgehead atoms. The Kier molecular flexibility index (Phi) is 4.39. The highest BCUT2D eigenvalue weighted by molar-refractivity contribution is 9.09. The second kappa shape index (κ2) is 5.35. The minimum absolute atomic E-state index is 0.565. The SMILES string of the molecule is CC(Br)CC(C)Cc1cccnc1N. The van der Waals surface area contributed by atoms with E-state index >= 15 is 0 Å². The van der Waals surface area contributed by atoms with Crippen LogP contribution in [0.2, 0.25) is 0 Å². The van der Waals surface area contributed by atoms with Gasteiger partial charge in [0, 0.05) is 11.0 Å². The van der Waals surface area contributed by atoms with Crippen molar-refractivity contribution >= 4 is 21.7 Å². The van der Waals surface area contributed by atoms with Crippen LogP contribution in [-0.4, -0.2) is 9.81 Å². The third kappa shape index (κ3) is 3.66. The summed E-state index contributed by atoms with van der Waals surface area (Å²) in [5.41, 5.74) is 6.94. The van der Waals surface area contributed by atoms with Gasteiger partial charge in [0.1, 0.15) is 5.82 Å². The summed E-state index contributed by atoms with van der Waals surface area (Å²) < 4.78 is 0. The summed E-state index contributed by atoms with van der Waals surface area (Å²) in [7, 11) is 0. The van der Waals surface area contributed by atoms with Gasteiger partial charge in [0.15, 0.2) is 0 Å². The Balaban J connectivity index is 2.56. The van der Waals surface area contributed by atoms with E-state index in [4.69, 9.17) is 5.73 Å². The summed E-state index contributed by atoms with van der Waals surface area (Å²) in [5.74, 6) is 1.30. The molecule has 0 aliphatic carbocycles. The van der Waals surface area contributed by atoms with Crippen molar-refractivity contribution in [2.45, 2.75) is 31.5 Å². The molecule has 0 spiro atoms. The van der Waals surface area contributed by atoms with Gasteiger partial charge in [-0.05, 0) is 30.4 Å². The number of nitrogens with zero attached hydrogens (tertiary/aromatic N) is 1. The highest BCUT2D eigenvalue weighted by atomic mass is 79.9. The number of halogens is 1. The van der Waals surface area contributed by atoms with E-state index in [0.29, 0.717) is 16.6 Å². The number of alkyl halides is 1. The average Bonchev–Trinajstić information content (AvgIpc) is 2.07. The zero-order valence-corrected chi connectivity index (χ0v) is 10.3. The molecule has 0 aliphatic heterocycles. The van der Waals surface area contributed by atoms with Crippen LogP contribution in [0, 0.1) is 5.92 Å². The van der Waals surface area contributed by atoms with Gasteiger partial charge < -0.3 is 5.73 Å². The number of hydrogen-bond donors (Lipinski definition) is 1. The van der Waals surface area contributed by atoms with Crippen molar-refractivity contribution in [3.63, 3.8) is 0 Å². The summed E-state index contributed by atoms with van der Waals surface area (Å²) in [5, 5.41) is 0. The first-order chi connectivity index (χ1) is 6.59. The monoisotopic (exact) mass is 256 g/mol. The van der Waals surface area contributed by atoms with E-state index in [1.165, 1.54) is 0 Å². The Bertz CT molecular complexity index is 286. The van der Waals surface area contributed by atoms with Gasteiger partial charge in [-0.2, -0.15) is 0 Å². The summed E-state index contributed by atoms with van der Waals surface area (Å²) >= 11 is 3.56. The van der Waals surface area contributed by atoms with Crippen molar-refractivity contribution in [3.8, 4) is 0 Å². The molecule has 0 amide bonds. The molecule has 2 unspecified atom stereocenters. The summed E-state index contributed by atoms with van der Waals surface area (Å²) in [4.78, 5) is 4.64. The lowest BCUT2D eigenvalue weighted by Gasteiger charge is -2.13. The summed E-state index contributed by atoms with van der Waals surface area (Å²) in [6.45, 7) is 4.41. The van der Waals surface area contributed by atoms with Crippen molar-refractivity contribution in [2.24, 2.45) is 5.92 Å². The van der Waals surface area contributed by atoms with E-state index < -0.39 is 0 Å². The Hall–Kier alpha value is -0.570. The van der Waals surface area contributed by atoms with E-state index in [1.807, 2.05) is 6.07 Å². The minimum Gasteiger partial charge on any atom is -0.383 e. The molecule has 0 aliphatic rings. The maximum Gasteiger partial charge on any atom is 0.126 e. The van der Waals surface area contributed by atoms with Crippen LogP contribution in [0.1, 0.15) is 25.8 Å². The Morgan fingerprint density at radius 3 is 2.79 bits per heavy atom. The van der Waals surface area contributed by atoms with Crippen molar-refractivity contribution < 1.29 is 0 Å². The topological polar surface area (TPSA) is 38.9 Å². The lowest BCUT2D eigenvalue weighted by Crippen LogP contribution is -2.07.